The van der Waals surface area contributed by atoms with Crippen LogP contribution in [-0.2, 0) is 11.3 Å². The minimum Gasteiger partial charge on any atom is -0.497 e. The Hall–Kier alpha value is -2.24. The first kappa shape index (κ1) is 16.8. The Labute approximate surface area is 124 Å². The topological polar surface area (TPSA) is 87.7 Å². The highest BCUT2D eigenvalue weighted by Crippen LogP contribution is 2.12. The van der Waals surface area contributed by atoms with Crippen molar-refractivity contribution >= 4 is 12.0 Å². The van der Waals surface area contributed by atoms with E-state index >= 15 is 0 Å². The summed E-state index contributed by atoms with van der Waals surface area (Å²) in [4.78, 5) is 22.1. The number of nitrogens with one attached hydrogen (secondary N) is 2. The van der Waals surface area contributed by atoms with Gasteiger partial charge in [0.1, 0.15) is 5.75 Å². The Kier molecular flexibility index (Phi) is 7.08. The fourth-order valence-electron chi connectivity index (χ4n) is 1.87. The number of rotatable bonds is 8. The molecule has 0 fully saturated rings. The summed E-state index contributed by atoms with van der Waals surface area (Å²) in [5, 5.41) is 14.1. The third-order valence-electron chi connectivity index (χ3n) is 2.99. The Balaban J connectivity index is 2.28. The van der Waals surface area contributed by atoms with E-state index in [9.17, 15) is 9.59 Å². The number of hydrogen-bond acceptors (Lipinski definition) is 3. The number of ether oxygens (including phenoxy) is 1. The number of benzene rings is 1. The van der Waals surface area contributed by atoms with Crippen LogP contribution in [0, 0.1) is 0 Å². The van der Waals surface area contributed by atoms with Crippen LogP contribution < -0.4 is 15.4 Å². The summed E-state index contributed by atoms with van der Waals surface area (Å²) in [6.07, 6.45) is 1.31. The van der Waals surface area contributed by atoms with Crippen LogP contribution in [0.4, 0.5) is 4.79 Å². The zero-order valence-electron chi connectivity index (χ0n) is 12.4. The Morgan fingerprint density at radius 1 is 1.38 bits per heavy atom. The van der Waals surface area contributed by atoms with Crippen LogP contribution >= 0.6 is 0 Å². The number of aliphatic carboxylic acids is 1. The monoisotopic (exact) mass is 294 g/mol. The maximum atomic E-state index is 11.7. The molecule has 0 spiro atoms. The summed E-state index contributed by atoms with van der Waals surface area (Å²) in [5.74, 6) is -0.0681. The molecule has 116 valence electrons. The average Bonchev–Trinajstić information content (AvgIpc) is 2.45. The van der Waals surface area contributed by atoms with Crippen molar-refractivity contribution < 1.29 is 19.4 Å². The van der Waals surface area contributed by atoms with Crippen molar-refractivity contribution in [1.29, 1.82) is 0 Å². The average molecular weight is 294 g/mol. The molecule has 3 N–H and O–H groups in total. The lowest BCUT2D eigenvalue weighted by Gasteiger charge is -2.14. The summed E-state index contributed by atoms with van der Waals surface area (Å²) >= 11 is 0. The first-order valence-electron chi connectivity index (χ1n) is 6.90. The minimum atomic E-state index is -0.815. The molecule has 0 aliphatic heterocycles. The number of hydrogen-bond donors (Lipinski definition) is 3. The van der Waals surface area contributed by atoms with Gasteiger partial charge in [-0.05, 0) is 37.5 Å². The molecule has 0 aliphatic carbocycles. The Morgan fingerprint density at radius 3 is 2.81 bits per heavy atom. The van der Waals surface area contributed by atoms with E-state index in [0.29, 0.717) is 19.4 Å². The zero-order valence-corrected chi connectivity index (χ0v) is 12.4. The van der Waals surface area contributed by atoms with E-state index in [2.05, 4.69) is 10.6 Å². The quantitative estimate of drug-likeness (QED) is 0.685. The zero-order chi connectivity index (χ0) is 15.7. The van der Waals surface area contributed by atoms with E-state index in [4.69, 9.17) is 9.84 Å². The second kappa shape index (κ2) is 8.84. The van der Waals surface area contributed by atoms with Crippen molar-refractivity contribution in [1.82, 2.24) is 10.6 Å². The highest BCUT2D eigenvalue weighted by Gasteiger charge is 2.08. The molecule has 1 rings (SSSR count). The summed E-state index contributed by atoms with van der Waals surface area (Å²) in [6, 6.07) is 7.14. The lowest BCUT2D eigenvalue weighted by atomic mass is 10.1. The van der Waals surface area contributed by atoms with Crippen LogP contribution in [0.5, 0.6) is 5.75 Å². The van der Waals surface area contributed by atoms with Crippen LogP contribution in [0.25, 0.3) is 0 Å². The number of methoxy groups -OCH3 is 1. The van der Waals surface area contributed by atoms with Gasteiger partial charge in [0.15, 0.2) is 0 Å². The second-order valence-corrected chi connectivity index (χ2v) is 4.87. The lowest BCUT2D eigenvalue weighted by Crippen LogP contribution is -2.40. The van der Waals surface area contributed by atoms with E-state index in [1.54, 1.807) is 7.11 Å². The van der Waals surface area contributed by atoms with Crippen LogP contribution in [0.15, 0.2) is 24.3 Å². The van der Waals surface area contributed by atoms with E-state index in [1.165, 1.54) is 0 Å². The van der Waals surface area contributed by atoms with Crippen LogP contribution in [0.1, 0.15) is 31.7 Å². The van der Waals surface area contributed by atoms with Gasteiger partial charge in [0.05, 0.1) is 7.11 Å². The van der Waals surface area contributed by atoms with Gasteiger partial charge >= 0.3 is 12.0 Å². The molecule has 6 heteroatoms. The van der Waals surface area contributed by atoms with E-state index in [0.717, 1.165) is 11.3 Å². The van der Waals surface area contributed by atoms with Crippen LogP contribution in [0.3, 0.4) is 0 Å². The van der Waals surface area contributed by atoms with Crippen molar-refractivity contribution in [3.05, 3.63) is 29.8 Å². The standard InChI is InChI=1S/C15H22N2O4/c1-11(5-3-8-14(18)19)17-15(20)16-10-12-6-4-7-13(9-12)21-2/h4,6-7,9,11H,3,5,8,10H2,1-2H3,(H,18,19)(H2,16,17,20). The largest absolute Gasteiger partial charge is 0.497 e. The summed E-state index contributed by atoms with van der Waals surface area (Å²) in [5.41, 5.74) is 0.947. The molecule has 0 saturated carbocycles. The van der Waals surface area contributed by atoms with E-state index in [1.807, 2.05) is 31.2 Å². The highest BCUT2D eigenvalue weighted by molar-refractivity contribution is 5.74. The molecule has 1 aromatic rings. The number of carbonyl (C=O) groups excluding carboxylic acids is 1. The lowest BCUT2D eigenvalue weighted by molar-refractivity contribution is -0.137. The van der Waals surface area contributed by atoms with E-state index in [-0.39, 0.29) is 18.5 Å². The minimum absolute atomic E-state index is 0.0605. The third kappa shape index (κ3) is 7.20. The molecule has 0 heterocycles. The van der Waals surface area contributed by atoms with Gasteiger partial charge in [-0.3, -0.25) is 4.79 Å². The van der Waals surface area contributed by atoms with Gasteiger partial charge in [0.2, 0.25) is 0 Å². The van der Waals surface area contributed by atoms with Crippen LogP contribution in [0.2, 0.25) is 0 Å². The Morgan fingerprint density at radius 2 is 2.14 bits per heavy atom. The van der Waals surface area contributed by atoms with Gasteiger partial charge in [-0.15, -0.1) is 0 Å². The number of carboxylic acids is 1. The summed E-state index contributed by atoms with van der Waals surface area (Å²) in [7, 11) is 1.60. The summed E-state index contributed by atoms with van der Waals surface area (Å²) in [6.45, 7) is 2.26. The molecule has 1 aromatic carbocycles. The predicted molar refractivity (Wildman–Crippen MR) is 79.3 cm³/mol. The second-order valence-electron chi connectivity index (χ2n) is 4.87. The van der Waals surface area contributed by atoms with Gasteiger partial charge in [0.25, 0.3) is 0 Å². The van der Waals surface area contributed by atoms with Gasteiger partial charge in [-0.1, -0.05) is 12.1 Å². The molecule has 21 heavy (non-hydrogen) atoms. The molecular weight excluding hydrogens is 272 g/mol. The van der Waals surface area contributed by atoms with Crippen molar-refractivity contribution in [2.24, 2.45) is 0 Å². The third-order valence-corrected chi connectivity index (χ3v) is 2.99. The van der Waals surface area contributed by atoms with E-state index < -0.39 is 5.97 Å². The molecule has 0 aromatic heterocycles. The fourth-order valence-corrected chi connectivity index (χ4v) is 1.87. The molecule has 6 nitrogen and oxygen atoms in total. The number of amides is 2. The molecular formula is C15H22N2O4. The SMILES string of the molecule is COc1cccc(CNC(=O)NC(C)CCCC(=O)O)c1. The summed E-state index contributed by atoms with van der Waals surface area (Å²) < 4.78 is 5.11. The molecule has 1 unspecified atom stereocenters. The molecule has 0 aliphatic rings. The predicted octanol–water partition coefficient (Wildman–Crippen LogP) is 2.14. The van der Waals surface area contributed by atoms with Crippen molar-refractivity contribution in [2.45, 2.75) is 38.8 Å². The Bertz CT molecular complexity index is 476. The smallest absolute Gasteiger partial charge is 0.315 e. The number of carboxylic acid groups (broad SMARTS) is 1. The van der Waals surface area contributed by atoms with Crippen molar-refractivity contribution in [2.75, 3.05) is 7.11 Å². The van der Waals surface area contributed by atoms with Crippen molar-refractivity contribution in [3.8, 4) is 5.75 Å². The molecule has 0 bridgehead atoms. The molecule has 0 radical (unpaired) electrons. The molecule has 2 amide bonds. The first-order chi connectivity index (χ1) is 10.0. The number of carbonyl (C=O) groups is 2. The maximum Gasteiger partial charge on any atom is 0.315 e. The molecule has 0 saturated heterocycles. The fraction of sp³-hybridized carbons (Fsp3) is 0.467. The number of urea groups is 1. The maximum absolute atomic E-state index is 11.7. The van der Waals surface area contributed by atoms with Crippen molar-refractivity contribution in [3.63, 3.8) is 0 Å². The normalized spacial score (nSPS) is 11.5. The highest BCUT2D eigenvalue weighted by atomic mass is 16.5. The van der Waals surface area contributed by atoms with Gasteiger partial charge < -0.3 is 20.5 Å². The van der Waals surface area contributed by atoms with Gasteiger partial charge in [-0.25, -0.2) is 4.79 Å². The van der Waals surface area contributed by atoms with Crippen LogP contribution in [-0.4, -0.2) is 30.3 Å². The molecule has 1 atom stereocenters. The van der Waals surface area contributed by atoms with Gasteiger partial charge in [-0.2, -0.15) is 0 Å². The first-order valence-corrected chi connectivity index (χ1v) is 6.90. The van der Waals surface area contributed by atoms with Gasteiger partial charge in [0, 0.05) is 19.0 Å².